The van der Waals surface area contributed by atoms with E-state index < -0.39 is 17.3 Å². The molecule has 0 aliphatic heterocycles. The van der Waals surface area contributed by atoms with Crippen molar-refractivity contribution < 1.29 is 14.3 Å². The second-order valence-electron chi connectivity index (χ2n) is 7.55. The van der Waals surface area contributed by atoms with Crippen molar-refractivity contribution in [2.24, 2.45) is 0 Å². The fraction of sp³-hybridized carbons (Fsp3) is 0.200. The van der Waals surface area contributed by atoms with Crippen LogP contribution in [0.1, 0.15) is 40.3 Å². The molecule has 2 heterocycles. The van der Waals surface area contributed by atoms with Gasteiger partial charge in [-0.1, -0.05) is 41.4 Å². The Morgan fingerprint density at radius 1 is 1.15 bits per heavy atom. The molecule has 9 heteroatoms. The number of amides is 1. The third kappa shape index (κ3) is 4.47. The number of fused-ring (bicyclic) bond motifs is 1. The molecule has 0 unspecified atom stereocenters. The van der Waals surface area contributed by atoms with Gasteiger partial charge in [-0.2, -0.15) is 5.10 Å². The number of benzene rings is 2. The number of thiophene rings is 1. The molecule has 0 radical (unpaired) electrons. The maximum absolute atomic E-state index is 13.2. The second kappa shape index (κ2) is 9.79. The molecular formula is C25H22ClN3O4S. The van der Waals surface area contributed by atoms with Gasteiger partial charge in [0.1, 0.15) is 10.6 Å². The number of carbonyl (C=O) groups is 2. The first kappa shape index (κ1) is 23.7. The minimum absolute atomic E-state index is 0.184. The van der Waals surface area contributed by atoms with Crippen LogP contribution in [-0.2, 0) is 11.3 Å². The highest BCUT2D eigenvalue weighted by Crippen LogP contribution is 2.36. The minimum atomic E-state index is -0.711. The van der Waals surface area contributed by atoms with Crippen molar-refractivity contribution in [3.05, 3.63) is 79.9 Å². The highest BCUT2D eigenvalue weighted by atomic mass is 35.5. The molecule has 0 atom stereocenters. The zero-order valence-corrected chi connectivity index (χ0v) is 20.4. The number of halogens is 1. The van der Waals surface area contributed by atoms with E-state index in [1.165, 1.54) is 17.4 Å². The zero-order valence-electron chi connectivity index (χ0n) is 18.8. The Labute approximate surface area is 204 Å². The Hall–Kier alpha value is -3.49. The molecule has 0 saturated carbocycles. The van der Waals surface area contributed by atoms with Gasteiger partial charge in [0, 0.05) is 22.5 Å². The highest BCUT2D eigenvalue weighted by molar-refractivity contribution is 7.15. The number of hydrogen-bond donors (Lipinski definition) is 1. The van der Waals surface area contributed by atoms with Crippen LogP contribution in [0.4, 0.5) is 5.00 Å². The van der Waals surface area contributed by atoms with E-state index in [1.54, 1.807) is 29.1 Å². The van der Waals surface area contributed by atoms with E-state index in [-0.39, 0.29) is 22.9 Å². The van der Waals surface area contributed by atoms with Crippen LogP contribution in [0.2, 0.25) is 5.02 Å². The van der Waals surface area contributed by atoms with Gasteiger partial charge < -0.3 is 10.1 Å². The number of ether oxygens (including phenoxy) is 1. The summed E-state index contributed by atoms with van der Waals surface area (Å²) in [6.07, 6.45) is 0. The van der Waals surface area contributed by atoms with E-state index in [2.05, 4.69) is 10.4 Å². The largest absolute Gasteiger partial charge is 0.462 e. The smallest absolute Gasteiger partial charge is 0.341 e. The average Bonchev–Trinajstić information content (AvgIpc) is 3.23. The Morgan fingerprint density at radius 2 is 1.88 bits per heavy atom. The van der Waals surface area contributed by atoms with Crippen LogP contribution >= 0.6 is 22.9 Å². The van der Waals surface area contributed by atoms with E-state index >= 15 is 0 Å². The predicted octanol–water partition coefficient (Wildman–Crippen LogP) is 5.54. The first-order chi connectivity index (χ1) is 16.3. The SMILES string of the molecule is CCOC(=O)c1c(-c2ccc(C)cc2)csc1NC(=O)c1nn(CC)c2ccc(Cl)cc2c1=O. The van der Waals surface area contributed by atoms with E-state index in [4.69, 9.17) is 16.3 Å². The number of aromatic nitrogens is 2. The molecule has 174 valence electrons. The van der Waals surface area contributed by atoms with Gasteiger partial charge in [0.05, 0.1) is 17.5 Å². The van der Waals surface area contributed by atoms with Gasteiger partial charge in [-0.25, -0.2) is 4.79 Å². The Bertz CT molecular complexity index is 1460. The summed E-state index contributed by atoms with van der Waals surface area (Å²) >= 11 is 7.27. The normalized spacial score (nSPS) is 10.9. The van der Waals surface area contributed by atoms with Gasteiger partial charge in [0.15, 0.2) is 5.69 Å². The summed E-state index contributed by atoms with van der Waals surface area (Å²) in [5.74, 6) is -1.27. The lowest BCUT2D eigenvalue weighted by Crippen LogP contribution is -2.27. The molecule has 4 rings (SSSR count). The lowest BCUT2D eigenvalue weighted by molar-refractivity contribution is 0.0529. The first-order valence-corrected chi connectivity index (χ1v) is 12.0. The van der Waals surface area contributed by atoms with Crippen LogP contribution in [0.15, 0.2) is 52.6 Å². The van der Waals surface area contributed by atoms with Crippen molar-refractivity contribution >= 4 is 50.7 Å². The quantitative estimate of drug-likeness (QED) is 0.355. The molecule has 7 nitrogen and oxygen atoms in total. The molecule has 0 spiro atoms. The molecule has 34 heavy (non-hydrogen) atoms. The fourth-order valence-electron chi connectivity index (χ4n) is 3.62. The number of carbonyl (C=O) groups excluding carboxylic acids is 2. The lowest BCUT2D eigenvalue weighted by Gasteiger charge is -2.11. The number of nitrogens with one attached hydrogen (secondary N) is 1. The molecule has 2 aromatic carbocycles. The van der Waals surface area contributed by atoms with Gasteiger partial charge >= 0.3 is 5.97 Å². The summed E-state index contributed by atoms with van der Waals surface area (Å²) in [6, 6.07) is 12.6. The van der Waals surface area contributed by atoms with Gasteiger partial charge in [0.25, 0.3) is 5.91 Å². The van der Waals surface area contributed by atoms with Crippen LogP contribution in [0.25, 0.3) is 22.0 Å². The lowest BCUT2D eigenvalue weighted by atomic mass is 10.0. The highest BCUT2D eigenvalue weighted by Gasteiger charge is 2.25. The first-order valence-electron chi connectivity index (χ1n) is 10.7. The maximum Gasteiger partial charge on any atom is 0.341 e. The Balaban J connectivity index is 1.78. The topological polar surface area (TPSA) is 90.3 Å². The van der Waals surface area contributed by atoms with Gasteiger partial charge in [-0.15, -0.1) is 11.3 Å². The van der Waals surface area contributed by atoms with Crippen molar-refractivity contribution in [1.29, 1.82) is 0 Å². The van der Waals surface area contributed by atoms with Crippen molar-refractivity contribution in [3.8, 4) is 11.1 Å². The van der Waals surface area contributed by atoms with Crippen molar-refractivity contribution in [1.82, 2.24) is 9.78 Å². The van der Waals surface area contributed by atoms with E-state index in [1.807, 2.05) is 38.1 Å². The Kier molecular flexibility index (Phi) is 6.81. The molecule has 0 bridgehead atoms. The Morgan fingerprint density at radius 3 is 2.56 bits per heavy atom. The zero-order chi connectivity index (χ0) is 24.4. The summed E-state index contributed by atoms with van der Waals surface area (Å²) in [5, 5.41) is 9.73. The van der Waals surface area contributed by atoms with Crippen LogP contribution in [0, 0.1) is 6.92 Å². The summed E-state index contributed by atoms with van der Waals surface area (Å²) in [6.45, 7) is 6.18. The van der Waals surface area contributed by atoms with Crippen LogP contribution < -0.4 is 10.7 Å². The minimum Gasteiger partial charge on any atom is -0.462 e. The molecule has 0 fully saturated rings. The summed E-state index contributed by atoms with van der Waals surface area (Å²) in [5.41, 5.74) is 2.55. The van der Waals surface area contributed by atoms with Crippen molar-refractivity contribution in [3.63, 3.8) is 0 Å². The van der Waals surface area contributed by atoms with Gasteiger partial charge in [-0.05, 0) is 44.5 Å². The molecule has 1 N–H and O–H groups in total. The third-order valence-electron chi connectivity index (χ3n) is 5.29. The van der Waals surface area contributed by atoms with Crippen molar-refractivity contribution in [2.45, 2.75) is 27.3 Å². The standard InChI is InChI=1S/C25H22ClN3O4S/c1-4-29-19-11-10-16(26)12-17(19)22(30)21(28-29)23(31)27-24-20(25(32)33-5-2)18(13-34-24)15-8-6-14(3)7-9-15/h6-13H,4-5H2,1-3H3,(H,27,31). The molecule has 0 aliphatic rings. The molecule has 4 aromatic rings. The molecule has 1 amide bonds. The van der Waals surface area contributed by atoms with Gasteiger partial charge in [0.2, 0.25) is 5.43 Å². The van der Waals surface area contributed by atoms with E-state index in [0.29, 0.717) is 28.0 Å². The number of aryl methyl sites for hydroxylation is 2. The molecule has 2 aromatic heterocycles. The predicted molar refractivity (Wildman–Crippen MR) is 135 cm³/mol. The number of anilines is 1. The van der Waals surface area contributed by atoms with Crippen molar-refractivity contribution in [2.75, 3.05) is 11.9 Å². The monoisotopic (exact) mass is 495 g/mol. The van der Waals surface area contributed by atoms with Gasteiger partial charge in [-0.3, -0.25) is 14.3 Å². The number of rotatable bonds is 6. The van der Waals surface area contributed by atoms with Crippen LogP contribution in [0.5, 0.6) is 0 Å². The summed E-state index contributed by atoms with van der Waals surface area (Å²) in [4.78, 5) is 39.1. The number of nitrogens with zero attached hydrogens (tertiary/aromatic N) is 2. The molecular weight excluding hydrogens is 474 g/mol. The molecule has 0 saturated heterocycles. The molecule has 0 aliphatic carbocycles. The second-order valence-corrected chi connectivity index (χ2v) is 8.87. The number of hydrogen-bond acceptors (Lipinski definition) is 6. The third-order valence-corrected chi connectivity index (χ3v) is 6.42. The average molecular weight is 496 g/mol. The maximum atomic E-state index is 13.2. The van der Waals surface area contributed by atoms with E-state index in [9.17, 15) is 14.4 Å². The van der Waals surface area contributed by atoms with E-state index in [0.717, 1.165) is 11.1 Å². The van der Waals surface area contributed by atoms with Crippen LogP contribution in [-0.4, -0.2) is 28.3 Å². The number of esters is 1. The summed E-state index contributed by atoms with van der Waals surface area (Å²) in [7, 11) is 0. The summed E-state index contributed by atoms with van der Waals surface area (Å²) < 4.78 is 6.82. The fourth-order valence-corrected chi connectivity index (χ4v) is 4.74. The van der Waals surface area contributed by atoms with Crippen LogP contribution in [0.3, 0.4) is 0 Å².